The van der Waals surface area contributed by atoms with Gasteiger partial charge in [-0.1, -0.05) is 6.07 Å². The molecule has 1 amide bonds. The van der Waals surface area contributed by atoms with Crippen molar-refractivity contribution in [1.82, 2.24) is 24.2 Å². The summed E-state index contributed by atoms with van der Waals surface area (Å²) >= 11 is 0. The number of imidazole rings is 1. The molecule has 1 atom stereocenters. The van der Waals surface area contributed by atoms with Crippen molar-refractivity contribution in [3.63, 3.8) is 0 Å². The SMILES string of the molecule is Cc1cccc(C(=O)N2Cc3cncn3C(CCNS(C)(=O)=O)C2)n1. The van der Waals surface area contributed by atoms with Crippen molar-refractivity contribution in [2.75, 3.05) is 19.3 Å². The fourth-order valence-electron chi connectivity index (χ4n) is 3.01. The molecule has 134 valence electrons. The van der Waals surface area contributed by atoms with Crippen molar-refractivity contribution in [2.45, 2.75) is 25.9 Å². The zero-order valence-corrected chi connectivity index (χ0v) is 15.0. The lowest BCUT2D eigenvalue weighted by Gasteiger charge is -2.34. The molecular formula is C16H21N5O3S. The number of hydrogen-bond acceptors (Lipinski definition) is 5. The zero-order chi connectivity index (χ0) is 18.0. The van der Waals surface area contributed by atoms with E-state index in [-0.39, 0.29) is 11.9 Å². The van der Waals surface area contributed by atoms with E-state index < -0.39 is 10.0 Å². The molecule has 3 heterocycles. The Hall–Kier alpha value is -2.26. The van der Waals surface area contributed by atoms with Crippen molar-refractivity contribution >= 4 is 15.9 Å². The largest absolute Gasteiger partial charge is 0.329 e. The monoisotopic (exact) mass is 363 g/mol. The molecule has 2 aromatic heterocycles. The van der Waals surface area contributed by atoms with E-state index in [9.17, 15) is 13.2 Å². The van der Waals surface area contributed by atoms with Crippen molar-refractivity contribution in [2.24, 2.45) is 0 Å². The van der Waals surface area contributed by atoms with Crippen molar-refractivity contribution in [1.29, 1.82) is 0 Å². The Morgan fingerprint density at radius 3 is 2.92 bits per heavy atom. The second kappa shape index (κ2) is 6.93. The maximum atomic E-state index is 12.8. The number of fused-ring (bicyclic) bond motifs is 1. The highest BCUT2D eigenvalue weighted by molar-refractivity contribution is 7.88. The maximum Gasteiger partial charge on any atom is 0.272 e. The first kappa shape index (κ1) is 17.6. The van der Waals surface area contributed by atoms with Gasteiger partial charge < -0.3 is 9.47 Å². The standard InChI is InChI=1S/C16H21N5O3S/c1-12-4-3-5-15(19-12)16(22)20-9-13(6-7-18-25(2,23)24)21-11-17-8-14(21)10-20/h3-5,8,11,13,18H,6-7,9-10H2,1-2H3. The molecule has 0 saturated heterocycles. The van der Waals surface area contributed by atoms with Gasteiger partial charge in [0.25, 0.3) is 5.91 Å². The van der Waals surface area contributed by atoms with Gasteiger partial charge in [0.2, 0.25) is 10.0 Å². The molecule has 0 aromatic carbocycles. The van der Waals surface area contributed by atoms with E-state index in [4.69, 9.17) is 0 Å². The zero-order valence-electron chi connectivity index (χ0n) is 14.2. The highest BCUT2D eigenvalue weighted by Gasteiger charge is 2.29. The summed E-state index contributed by atoms with van der Waals surface area (Å²) in [6.45, 7) is 3.11. The number of nitrogens with one attached hydrogen (secondary N) is 1. The van der Waals surface area contributed by atoms with Crippen LogP contribution in [0.3, 0.4) is 0 Å². The number of rotatable bonds is 5. The summed E-state index contributed by atoms with van der Waals surface area (Å²) in [7, 11) is -3.23. The fraction of sp³-hybridized carbons (Fsp3) is 0.438. The van der Waals surface area contributed by atoms with Crippen LogP contribution in [0.1, 0.15) is 34.3 Å². The Kier molecular flexibility index (Phi) is 4.87. The summed E-state index contributed by atoms with van der Waals surface area (Å²) in [4.78, 5) is 23.0. The van der Waals surface area contributed by atoms with Gasteiger partial charge in [-0.2, -0.15) is 0 Å². The Bertz CT molecular complexity index is 877. The summed E-state index contributed by atoms with van der Waals surface area (Å²) < 4.78 is 27.0. The van der Waals surface area contributed by atoms with Crippen LogP contribution >= 0.6 is 0 Å². The molecule has 1 aliphatic rings. The van der Waals surface area contributed by atoms with Gasteiger partial charge >= 0.3 is 0 Å². The lowest BCUT2D eigenvalue weighted by atomic mass is 10.1. The predicted molar refractivity (Wildman–Crippen MR) is 92.4 cm³/mol. The molecule has 1 N–H and O–H groups in total. The van der Waals surface area contributed by atoms with Gasteiger partial charge in [-0.25, -0.2) is 23.1 Å². The third kappa shape index (κ3) is 4.23. The van der Waals surface area contributed by atoms with Gasteiger partial charge in [0.1, 0.15) is 5.69 Å². The highest BCUT2D eigenvalue weighted by atomic mass is 32.2. The van der Waals surface area contributed by atoms with Crippen LogP contribution in [0.15, 0.2) is 30.7 Å². The normalized spacial score (nSPS) is 17.4. The van der Waals surface area contributed by atoms with Crippen molar-refractivity contribution in [3.8, 4) is 0 Å². The Balaban J connectivity index is 1.76. The molecule has 3 rings (SSSR count). The molecule has 0 saturated carbocycles. The second-order valence-corrected chi connectivity index (χ2v) is 8.08. The van der Waals surface area contributed by atoms with Gasteiger partial charge in [-0.15, -0.1) is 0 Å². The molecule has 1 unspecified atom stereocenters. The molecule has 0 aliphatic carbocycles. The van der Waals surface area contributed by atoms with Gasteiger partial charge in [0.05, 0.1) is 30.9 Å². The minimum atomic E-state index is -3.23. The van der Waals surface area contributed by atoms with E-state index in [1.165, 1.54) is 0 Å². The third-order valence-corrected chi connectivity index (χ3v) is 4.89. The minimum absolute atomic E-state index is 0.0331. The van der Waals surface area contributed by atoms with Crippen LogP contribution in [0.25, 0.3) is 0 Å². The molecule has 9 heteroatoms. The third-order valence-electron chi connectivity index (χ3n) is 4.16. The summed E-state index contributed by atoms with van der Waals surface area (Å²) in [6, 6.07) is 5.34. The number of nitrogens with zero attached hydrogens (tertiary/aromatic N) is 4. The summed E-state index contributed by atoms with van der Waals surface area (Å²) in [6.07, 6.45) is 5.17. The van der Waals surface area contributed by atoms with Gasteiger partial charge in [-0.3, -0.25) is 4.79 Å². The maximum absolute atomic E-state index is 12.8. The van der Waals surface area contributed by atoms with Crippen molar-refractivity contribution in [3.05, 3.63) is 47.8 Å². The number of aryl methyl sites for hydroxylation is 1. The molecule has 25 heavy (non-hydrogen) atoms. The van der Waals surface area contributed by atoms with E-state index >= 15 is 0 Å². The van der Waals surface area contributed by atoms with Crippen LogP contribution in [-0.4, -0.2) is 53.1 Å². The van der Waals surface area contributed by atoms with Gasteiger partial charge in [-0.05, 0) is 25.5 Å². The Labute approximate surface area is 146 Å². The van der Waals surface area contributed by atoms with Crippen LogP contribution in [0, 0.1) is 6.92 Å². The van der Waals surface area contributed by atoms with E-state index in [2.05, 4.69) is 14.7 Å². The van der Waals surface area contributed by atoms with Gasteiger partial charge in [0, 0.05) is 25.0 Å². The molecule has 8 nitrogen and oxygen atoms in total. The first-order valence-electron chi connectivity index (χ1n) is 8.02. The molecule has 0 radical (unpaired) electrons. The quantitative estimate of drug-likeness (QED) is 0.844. The van der Waals surface area contributed by atoms with Crippen LogP contribution in [0.2, 0.25) is 0 Å². The fourth-order valence-corrected chi connectivity index (χ4v) is 3.49. The first-order chi connectivity index (χ1) is 11.8. The average Bonchev–Trinajstić information content (AvgIpc) is 3.01. The smallest absolute Gasteiger partial charge is 0.272 e. The van der Waals surface area contributed by atoms with Crippen LogP contribution in [0.4, 0.5) is 0 Å². The van der Waals surface area contributed by atoms with E-state index in [1.807, 2.05) is 23.6 Å². The number of sulfonamides is 1. The number of aromatic nitrogens is 3. The second-order valence-electron chi connectivity index (χ2n) is 6.25. The molecule has 0 fully saturated rings. The number of hydrogen-bond donors (Lipinski definition) is 1. The van der Waals surface area contributed by atoms with E-state index in [0.29, 0.717) is 31.7 Å². The molecule has 0 bridgehead atoms. The van der Waals surface area contributed by atoms with Crippen molar-refractivity contribution < 1.29 is 13.2 Å². The number of carbonyl (C=O) groups is 1. The number of carbonyl (C=O) groups excluding carboxylic acids is 1. The van der Waals surface area contributed by atoms with E-state index in [1.54, 1.807) is 23.5 Å². The van der Waals surface area contributed by atoms with Crippen LogP contribution in [0.5, 0.6) is 0 Å². The summed E-state index contributed by atoms with van der Waals surface area (Å²) in [5, 5.41) is 0. The Morgan fingerprint density at radius 2 is 2.20 bits per heavy atom. The lowest BCUT2D eigenvalue weighted by Crippen LogP contribution is -2.42. The summed E-state index contributed by atoms with van der Waals surface area (Å²) in [5.74, 6) is -0.128. The van der Waals surface area contributed by atoms with Crippen LogP contribution in [-0.2, 0) is 16.6 Å². The highest BCUT2D eigenvalue weighted by Crippen LogP contribution is 2.24. The topological polar surface area (TPSA) is 97.2 Å². The summed E-state index contributed by atoms with van der Waals surface area (Å²) in [5.41, 5.74) is 2.14. The minimum Gasteiger partial charge on any atom is -0.329 e. The Morgan fingerprint density at radius 1 is 1.40 bits per heavy atom. The first-order valence-corrected chi connectivity index (χ1v) is 9.91. The average molecular weight is 363 g/mol. The van der Waals surface area contributed by atoms with Crippen LogP contribution < -0.4 is 4.72 Å². The van der Waals surface area contributed by atoms with Gasteiger partial charge in [0.15, 0.2) is 0 Å². The van der Waals surface area contributed by atoms with E-state index in [0.717, 1.165) is 17.6 Å². The number of amides is 1. The predicted octanol–water partition coefficient (Wildman–Crippen LogP) is 0.723. The molecular weight excluding hydrogens is 342 g/mol. The molecule has 2 aromatic rings. The molecule has 1 aliphatic heterocycles. The number of pyridine rings is 1. The lowest BCUT2D eigenvalue weighted by molar-refractivity contribution is 0.0668. The molecule has 0 spiro atoms.